The van der Waals surface area contributed by atoms with Crippen molar-refractivity contribution < 1.29 is 19.3 Å². The summed E-state index contributed by atoms with van der Waals surface area (Å²) in [6.45, 7) is 0.0149. The van der Waals surface area contributed by atoms with Crippen LogP contribution in [0.1, 0.15) is 0 Å². The zero-order chi connectivity index (χ0) is 7.14. The Bertz CT molecular complexity index is 124. The standard InChI is InChI=1S/C6H10O4/c1-8-6-5-4(10-5)3(2-7)9-6/h3-7H,2H2,1H3/t3-,4-,5-,6-/m0/s1. The van der Waals surface area contributed by atoms with Crippen molar-refractivity contribution in [3.63, 3.8) is 0 Å². The molecule has 0 unspecified atom stereocenters. The van der Waals surface area contributed by atoms with Crippen LogP contribution in [0.4, 0.5) is 0 Å². The fourth-order valence-electron chi connectivity index (χ4n) is 1.32. The molecule has 0 radical (unpaired) electrons. The molecule has 2 saturated heterocycles. The number of ether oxygens (including phenoxy) is 3. The van der Waals surface area contributed by atoms with E-state index in [-0.39, 0.29) is 31.2 Å². The van der Waals surface area contributed by atoms with Gasteiger partial charge < -0.3 is 19.3 Å². The highest BCUT2D eigenvalue weighted by atomic mass is 16.8. The minimum absolute atomic E-state index is 0.0149. The number of hydrogen-bond acceptors (Lipinski definition) is 4. The molecular formula is C6H10O4. The van der Waals surface area contributed by atoms with Crippen LogP contribution in [0.15, 0.2) is 0 Å². The second kappa shape index (κ2) is 2.17. The quantitative estimate of drug-likeness (QED) is 0.514. The zero-order valence-corrected chi connectivity index (χ0v) is 5.69. The molecule has 4 nitrogen and oxygen atoms in total. The van der Waals surface area contributed by atoms with Crippen molar-refractivity contribution in [2.75, 3.05) is 13.7 Å². The highest BCUT2D eigenvalue weighted by molar-refractivity contribution is 4.99. The Morgan fingerprint density at radius 1 is 1.40 bits per heavy atom. The second-order valence-electron chi connectivity index (χ2n) is 2.53. The molecule has 0 bridgehead atoms. The van der Waals surface area contributed by atoms with Gasteiger partial charge in [-0.15, -0.1) is 0 Å². The summed E-state index contributed by atoms with van der Waals surface area (Å²) in [4.78, 5) is 0. The molecule has 2 aliphatic heterocycles. The van der Waals surface area contributed by atoms with Crippen LogP contribution in [0.25, 0.3) is 0 Å². The monoisotopic (exact) mass is 146 g/mol. The molecule has 0 aromatic heterocycles. The molecule has 0 aromatic carbocycles. The van der Waals surface area contributed by atoms with Gasteiger partial charge >= 0.3 is 0 Å². The van der Waals surface area contributed by atoms with Gasteiger partial charge in [-0.1, -0.05) is 0 Å². The van der Waals surface area contributed by atoms with Crippen molar-refractivity contribution in [3.8, 4) is 0 Å². The number of methoxy groups -OCH3 is 1. The third-order valence-electron chi connectivity index (χ3n) is 1.92. The largest absolute Gasteiger partial charge is 0.394 e. The lowest BCUT2D eigenvalue weighted by molar-refractivity contribution is -0.166. The van der Waals surface area contributed by atoms with E-state index in [9.17, 15) is 0 Å². The first-order chi connectivity index (χ1) is 4.86. The van der Waals surface area contributed by atoms with Gasteiger partial charge in [0, 0.05) is 7.11 Å². The molecule has 0 spiro atoms. The van der Waals surface area contributed by atoms with E-state index in [0.717, 1.165) is 0 Å². The van der Waals surface area contributed by atoms with Gasteiger partial charge in [-0.2, -0.15) is 0 Å². The third kappa shape index (κ3) is 0.769. The summed E-state index contributed by atoms with van der Waals surface area (Å²) in [7, 11) is 1.57. The predicted molar refractivity (Wildman–Crippen MR) is 31.4 cm³/mol. The lowest BCUT2D eigenvalue weighted by Crippen LogP contribution is -2.23. The summed E-state index contributed by atoms with van der Waals surface area (Å²) < 4.78 is 15.3. The molecule has 0 aliphatic carbocycles. The van der Waals surface area contributed by atoms with Gasteiger partial charge in [0.05, 0.1) is 6.61 Å². The van der Waals surface area contributed by atoms with E-state index >= 15 is 0 Å². The Kier molecular flexibility index (Phi) is 1.42. The zero-order valence-electron chi connectivity index (χ0n) is 5.69. The van der Waals surface area contributed by atoms with Crippen LogP contribution in [-0.4, -0.2) is 43.4 Å². The first kappa shape index (κ1) is 6.54. The summed E-state index contributed by atoms with van der Waals surface area (Å²) in [5, 5.41) is 8.72. The summed E-state index contributed by atoms with van der Waals surface area (Å²) in [5.74, 6) is 0. The molecule has 2 rings (SSSR count). The van der Waals surface area contributed by atoms with Gasteiger partial charge in [-0.05, 0) is 0 Å². The summed E-state index contributed by atoms with van der Waals surface area (Å²) >= 11 is 0. The van der Waals surface area contributed by atoms with Crippen molar-refractivity contribution in [2.45, 2.75) is 24.6 Å². The van der Waals surface area contributed by atoms with Crippen LogP contribution >= 0.6 is 0 Å². The molecule has 0 saturated carbocycles. The van der Waals surface area contributed by atoms with Gasteiger partial charge in [0.15, 0.2) is 6.29 Å². The molecule has 2 heterocycles. The molecule has 1 N–H and O–H groups in total. The van der Waals surface area contributed by atoms with E-state index in [0.29, 0.717) is 0 Å². The number of aliphatic hydroxyl groups excluding tert-OH is 1. The Morgan fingerprint density at radius 2 is 2.20 bits per heavy atom. The molecule has 0 amide bonds. The molecule has 4 atom stereocenters. The third-order valence-corrected chi connectivity index (χ3v) is 1.92. The van der Waals surface area contributed by atoms with Crippen LogP contribution in [0, 0.1) is 0 Å². The Hall–Kier alpha value is -0.160. The summed E-state index contributed by atoms with van der Waals surface area (Å²) in [5.41, 5.74) is 0. The normalized spacial score (nSPS) is 51.0. The molecular weight excluding hydrogens is 136 g/mol. The van der Waals surface area contributed by atoms with Gasteiger partial charge in [-0.3, -0.25) is 0 Å². The van der Waals surface area contributed by atoms with E-state index < -0.39 is 0 Å². The van der Waals surface area contributed by atoms with Crippen molar-refractivity contribution in [2.24, 2.45) is 0 Å². The highest BCUT2D eigenvalue weighted by Crippen LogP contribution is 2.38. The first-order valence-electron chi connectivity index (χ1n) is 3.31. The minimum Gasteiger partial charge on any atom is -0.394 e. The maximum Gasteiger partial charge on any atom is 0.186 e. The average Bonchev–Trinajstić information content (AvgIpc) is 2.67. The average molecular weight is 146 g/mol. The smallest absolute Gasteiger partial charge is 0.186 e. The Balaban J connectivity index is 1.95. The SMILES string of the molecule is CO[C@H]1O[C@@H](CO)[C@@H]2O[C@H]12. The Labute approximate surface area is 58.7 Å². The van der Waals surface area contributed by atoms with Crippen molar-refractivity contribution in [1.82, 2.24) is 0 Å². The Morgan fingerprint density at radius 3 is 2.60 bits per heavy atom. The van der Waals surface area contributed by atoms with Crippen LogP contribution in [0.5, 0.6) is 0 Å². The van der Waals surface area contributed by atoms with Crippen LogP contribution in [0.2, 0.25) is 0 Å². The maximum absolute atomic E-state index is 8.72. The summed E-state index contributed by atoms with van der Waals surface area (Å²) in [6, 6.07) is 0. The van der Waals surface area contributed by atoms with E-state index in [1.165, 1.54) is 0 Å². The van der Waals surface area contributed by atoms with Crippen LogP contribution in [0.3, 0.4) is 0 Å². The van der Waals surface area contributed by atoms with E-state index in [1.54, 1.807) is 7.11 Å². The molecule has 2 aliphatic rings. The van der Waals surface area contributed by atoms with Gasteiger partial charge in [0.2, 0.25) is 0 Å². The van der Waals surface area contributed by atoms with E-state index in [1.807, 2.05) is 0 Å². The number of aliphatic hydroxyl groups is 1. The fraction of sp³-hybridized carbons (Fsp3) is 1.00. The van der Waals surface area contributed by atoms with Gasteiger partial charge in [-0.25, -0.2) is 0 Å². The molecule has 10 heavy (non-hydrogen) atoms. The van der Waals surface area contributed by atoms with Crippen molar-refractivity contribution in [3.05, 3.63) is 0 Å². The van der Waals surface area contributed by atoms with E-state index in [4.69, 9.17) is 19.3 Å². The number of hydrogen-bond donors (Lipinski definition) is 1. The number of fused-ring (bicyclic) bond motifs is 1. The minimum atomic E-state index is -0.262. The maximum atomic E-state index is 8.72. The second-order valence-corrected chi connectivity index (χ2v) is 2.53. The fourth-order valence-corrected chi connectivity index (χ4v) is 1.32. The van der Waals surface area contributed by atoms with E-state index in [2.05, 4.69) is 0 Å². The predicted octanol–water partition coefficient (Wildman–Crippen LogP) is -0.883. The summed E-state index contributed by atoms with van der Waals surface area (Å²) in [6.07, 6.45) is -0.283. The molecule has 4 heteroatoms. The van der Waals surface area contributed by atoms with Gasteiger partial charge in [0.25, 0.3) is 0 Å². The number of rotatable bonds is 2. The molecule has 0 aromatic rings. The molecule has 2 fully saturated rings. The van der Waals surface area contributed by atoms with Crippen molar-refractivity contribution >= 4 is 0 Å². The van der Waals surface area contributed by atoms with Gasteiger partial charge in [0.1, 0.15) is 18.3 Å². The van der Waals surface area contributed by atoms with Crippen LogP contribution in [-0.2, 0) is 14.2 Å². The number of epoxide rings is 1. The topological polar surface area (TPSA) is 51.2 Å². The molecule has 58 valence electrons. The van der Waals surface area contributed by atoms with Crippen molar-refractivity contribution in [1.29, 1.82) is 0 Å². The van der Waals surface area contributed by atoms with Crippen LogP contribution < -0.4 is 0 Å². The lowest BCUT2D eigenvalue weighted by Gasteiger charge is -2.13. The first-order valence-corrected chi connectivity index (χ1v) is 3.31. The highest BCUT2D eigenvalue weighted by Gasteiger charge is 2.58. The lowest BCUT2D eigenvalue weighted by atomic mass is 10.2.